The molecule has 0 aliphatic carbocycles. The molecular weight excluding hydrogens is 318 g/mol. The third-order valence-corrected chi connectivity index (χ3v) is 5.40. The molecule has 0 spiro atoms. The first-order valence-electron chi connectivity index (χ1n) is 7.92. The molecule has 2 aromatic carbocycles. The van der Waals surface area contributed by atoms with E-state index in [1.807, 2.05) is 42.5 Å². The van der Waals surface area contributed by atoms with E-state index in [-0.39, 0.29) is 5.91 Å². The first-order valence-corrected chi connectivity index (χ1v) is 8.74. The van der Waals surface area contributed by atoms with Crippen LogP contribution in [-0.4, -0.2) is 23.2 Å². The van der Waals surface area contributed by atoms with Gasteiger partial charge in [0.25, 0.3) is 0 Å². The molecule has 2 aromatic rings. The number of nitrogens with zero attached hydrogens (tertiary/aromatic N) is 1. The summed E-state index contributed by atoms with van der Waals surface area (Å²) >= 11 is 1.60. The number of amides is 1. The molecule has 0 bridgehead atoms. The molecule has 1 amide bonds. The average molecular weight is 335 g/mol. The number of fused-ring (bicyclic) bond motifs is 1. The number of anilines is 1. The van der Waals surface area contributed by atoms with Crippen LogP contribution in [0.3, 0.4) is 0 Å². The van der Waals surface area contributed by atoms with E-state index in [2.05, 4.69) is 17.4 Å². The van der Waals surface area contributed by atoms with Crippen molar-refractivity contribution in [3.8, 4) is 0 Å². The Morgan fingerprint density at radius 3 is 2.62 bits per heavy atom. The summed E-state index contributed by atoms with van der Waals surface area (Å²) in [6, 6.07) is 18.1. The lowest BCUT2D eigenvalue weighted by molar-refractivity contribution is -0.125. The van der Waals surface area contributed by atoms with Gasteiger partial charge in [0, 0.05) is 17.0 Å². The number of likely N-dealkylation sites (tertiary alicyclic amines) is 1. The minimum atomic E-state index is 0.0109. The molecule has 1 fully saturated rings. The molecule has 120 valence electrons. The monoisotopic (exact) mass is 335 g/mol. The molecule has 2 aliphatic heterocycles. The van der Waals surface area contributed by atoms with Gasteiger partial charge in [0.05, 0.1) is 17.1 Å². The summed E-state index contributed by atoms with van der Waals surface area (Å²) in [4.78, 5) is 15.1. The van der Waals surface area contributed by atoms with Crippen molar-refractivity contribution in [1.29, 1.82) is 5.41 Å². The number of nitrogens with one attached hydrogen (secondary N) is 2. The summed E-state index contributed by atoms with van der Waals surface area (Å²) in [5.74, 6) is 0.343. The highest BCUT2D eigenvalue weighted by Crippen LogP contribution is 2.43. The van der Waals surface area contributed by atoms with E-state index in [1.54, 1.807) is 16.7 Å². The Morgan fingerprint density at radius 2 is 1.83 bits per heavy atom. The van der Waals surface area contributed by atoms with Gasteiger partial charge in [-0.05, 0) is 24.1 Å². The average Bonchev–Trinajstić information content (AvgIpc) is 3.15. The standard InChI is InChI=1S/C19H17N3OS/c20-18-14(19-21-15-8-4-5-9-16(15)24-19)12-17(23)22(18)11-10-13-6-2-1-3-7-13/h1-9,20-21H,10-12H2/b19-14-,20-18?. The summed E-state index contributed by atoms with van der Waals surface area (Å²) < 4.78 is 0. The Labute approximate surface area is 145 Å². The van der Waals surface area contributed by atoms with Crippen molar-refractivity contribution in [3.05, 3.63) is 70.8 Å². The van der Waals surface area contributed by atoms with Gasteiger partial charge in [-0.15, -0.1) is 0 Å². The van der Waals surface area contributed by atoms with Crippen LogP contribution in [0.4, 0.5) is 5.69 Å². The fourth-order valence-corrected chi connectivity index (χ4v) is 4.03. The lowest BCUT2D eigenvalue weighted by Crippen LogP contribution is -2.31. The third-order valence-electron chi connectivity index (χ3n) is 4.27. The van der Waals surface area contributed by atoms with E-state index in [0.29, 0.717) is 18.8 Å². The zero-order chi connectivity index (χ0) is 16.5. The van der Waals surface area contributed by atoms with Crippen LogP contribution in [0.5, 0.6) is 0 Å². The quantitative estimate of drug-likeness (QED) is 0.895. The van der Waals surface area contributed by atoms with Crippen molar-refractivity contribution in [2.75, 3.05) is 11.9 Å². The number of carbonyl (C=O) groups excluding carboxylic acids is 1. The molecule has 2 aliphatic rings. The highest BCUT2D eigenvalue weighted by Gasteiger charge is 2.34. The summed E-state index contributed by atoms with van der Waals surface area (Å²) in [6.45, 7) is 0.552. The van der Waals surface area contributed by atoms with Crippen molar-refractivity contribution in [2.24, 2.45) is 0 Å². The van der Waals surface area contributed by atoms with Gasteiger partial charge in [0.15, 0.2) is 0 Å². The molecule has 0 saturated carbocycles. The van der Waals surface area contributed by atoms with Crippen LogP contribution in [0.25, 0.3) is 0 Å². The van der Waals surface area contributed by atoms with Gasteiger partial charge in [-0.1, -0.05) is 54.2 Å². The Morgan fingerprint density at radius 1 is 1.08 bits per heavy atom. The van der Waals surface area contributed by atoms with Crippen LogP contribution in [-0.2, 0) is 11.2 Å². The van der Waals surface area contributed by atoms with Crippen LogP contribution in [0, 0.1) is 5.41 Å². The molecule has 0 radical (unpaired) electrons. The van der Waals surface area contributed by atoms with Crippen LogP contribution in [0.2, 0.25) is 0 Å². The first kappa shape index (κ1) is 15.0. The minimum absolute atomic E-state index is 0.0109. The number of hydrogen-bond acceptors (Lipinski definition) is 4. The van der Waals surface area contributed by atoms with E-state index >= 15 is 0 Å². The maximum Gasteiger partial charge on any atom is 0.232 e. The Hall–Kier alpha value is -2.53. The van der Waals surface area contributed by atoms with Crippen molar-refractivity contribution < 1.29 is 4.79 Å². The maximum atomic E-state index is 12.4. The summed E-state index contributed by atoms with van der Waals surface area (Å²) in [5, 5.41) is 12.7. The van der Waals surface area contributed by atoms with Crippen LogP contribution in [0.1, 0.15) is 12.0 Å². The molecule has 1 saturated heterocycles. The fourth-order valence-electron chi connectivity index (χ4n) is 2.98. The van der Waals surface area contributed by atoms with Crippen LogP contribution in [0.15, 0.2) is 70.1 Å². The van der Waals surface area contributed by atoms with Crippen LogP contribution >= 0.6 is 11.8 Å². The second-order valence-corrected chi connectivity index (χ2v) is 6.89. The Bertz CT molecular complexity index is 818. The fraction of sp³-hybridized carbons (Fsp3) is 0.158. The van der Waals surface area contributed by atoms with E-state index in [0.717, 1.165) is 27.6 Å². The van der Waals surface area contributed by atoms with Gasteiger partial charge in [-0.3, -0.25) is 15.1 Å². The molecule has 4 nitrogen and oxygen atoms in total. The third kappa shape index (κ3) is 2.71. The second kappa shape index (κ2) is 6.17. The number of para-hydroxylation sites is 1. The van der Waals surface area contributed by atoms with Gasteiger partial charge < -0.3 is 5.32 Å². The number of carbonyl (C=O) groups is 1. The summed E-state index contributed by atoms with van der Waals surface area (Å²) in [7, 11) is 0. The lowest BCUT2D eigenvalue weighted by atomic mass is 10.1. The number of benzene rings is 2. The molecule has 4 rings (SSSR count). The number of rotatable bonds is 3. The zero-order valence-corrected chi connectivity index (χ0v) is 13.9. The van der Waals surface area contributed by atoms with E-state index in [9.17, 15) is 4.79 Å². The number of amidine groups is 1. The van der Waals surface area contributed by atoms with Gasteiger partial charge in [-0.25, -0.2) is 0 Å². The van der Waals surface area contributed by atoms with E-state index < -0.39 is 0 Å². The second-order valence-electron chi connectivity index (χ2n) is 5.84. The van der Waals surface area contributed by atoms with Crippen molar-refractivity contribution >= 4 is 29.2 Å². The largest absolute Gasteiger partial charge is 0.349 e. The molecule has 0 aromatic heterocycles. The van der Waals surface area contributed by atoms with Gasteiger partial charge in [-0.2, -0.15) is 0 Å². The minimum Gasteiger partial charge on any atom is -0.349 e. The number of hydrogen-bond donors (Lipinski definition) is 2. The van der Waals surface area contributed by atoms with Gasteiger partial charge in [0.1, 0.15) is 5.84 Å². The van der Waals surface area contributed by atoms with E-state index in [1.165, 1.54) is 5.56 Å². The zero-order valence-electron chi connectivity index (χ0n) is 13.1. The molecule has 0 atom stereocenters. The van der Waals surface area contributed by atoms with Crippen molar-refractivity contribution in [1.82, 2.24) is 4.90 Å². The SMILES string of the molecule is N=C1/C(=C2/Nc3ccccc3S2)CC(=O)N1CCc1ccccc1. The summed E-state index contributed by atoms with van der Waals surface area (Å²) in [6.07, 6.45) is 1.06. The normalized spacial score (nSPS) is 19.6. The molecular formula is C19H17N3OS. The topological polar surface area (TPSA) is 56.2 Å². The number of thioether (sulfide) groups is 1. The molecule has 24 heavy (non-hydrogen) atoms. The molecule has 2 N–H and O–H groups in total. The Kier molecular flexibility index (Phi) is 3.86. The molecule has 2 heterocycles. The predicted molar refractivity (Wildman–Crippen MR) is 97.2 cm³/mol. The molecule has 5 heteroatoms. The first-order chi connectivity index (χ1) is 11.7. The highest BCUT2D eigenvalue weighted by molar-refractivity contribution is 8.03. The highest BCUT2D eigenvalue weighted by atomic mass is 32.2. The summed E-state index contributed by atoms with van der Waals surface area (Å²) in [5.41, 5.74) is 3.03. The van der Waals surface area contributed by atoms with Crippen LogP contribution < -0.4 is 5.32 Å². The predicted octanol–water partition coefficient (Wildman–Crippen LogP) is 3.87. The van der Waals surface area contributed by atoms with Gasteiger partial charge in [0.2, 0.25) is 5.91 Å². The van der Waals surface area contributed by atoms with Crippen molar-refractivity contribution in [3.63, 3.8) is 0 Å². The van der Waals surface area contributed by atoms with Crippen molar-refractivity contribution in [2.45, 2.75) is 17.7 Å². The van der Waals surface area contributed by atoms with Gasteiger partial charge >= 0.3 is 0 Å². The van der Waals surface area contributed by atoms with E-state index in [4.69, 9.17) is 5.41 Å². The molecule has 0 unspecified atom stereocenters. The smallest absolute Gasteiger partial charge is 0.232 e. The maximum absolute atomic E-state index is 12.4. The Balaban J connectivity index is 1.51. The lowest BCUT2D eigenvalue weighted by Gasteiger charge is -2.16.